The lowest BCUT2D eigenvalue weighted by Gasteiger charge is -2.33. The van der Waals surface area contributed by atoms with Gasteiger partial charge in [0.25, 0.3) is 0 Å². The van der Waals surface area contributed by atoms with Gasteiger partial charge in [0.1, 0.15) is 5.54 Å². The summed E-state index contributed by atoms with van der Waals surface area (Å²) in [5.74, 6) is -1.02. The van der Waals surface area contributed by atoms with E-state index in [1.807, 2.05) is 13.8 Å². The van der Waals surface area contributed by atoms with Gasteiger partial charge in [-0.2, -0.15) is 0 Å². The normalized spacial score (nSPS) is 18.1. The largest absolute Gasteiger partial charge is 0.480 e. The Morgan fingerprint density at radius 2 is 2.00 bits per heavy atom. The molecule has 7 nitrogen and oxygen atoms in total. The SMILES string of the molecule is CC(C)OCCNC(=O)NC1(C(=O)O)CCOCC1. The zero-order valence-corrected chi connectivity index (χ0v) is 11.4. The standard InChI is InChI=1S/C12H22N2O5/c1-9(2)19-8-5-13-11(17)14-12(10(15)16)3-6-18-7-4-12/h9H,3-8H2,1-2H3,(H,15,16)(H2,13,14,17). The summed E-state index contributed by atoms with van der Waals surface area (Å²) in [6.45, 7) is 5.22. The lowest BCUT2D eigenvalue weighted by molar-refractivity contribution is -0.148. The highest BCUT2D eigenvalue weighted by Gasteiger charge is 2.41. The molecule has 0 aromatic carbocycles. The molecular formula is C12H22N2O5. The van der Waals surface area contributed by atoms with Gasteiger partial charge in [0.15, 0.2) is 0 Å². The third-order valence-electron chi connectivity index (χ3n) is 2.95. The predicted molar refractivity (Wildman–Crippen MR) is 68.0 cm³/mol. The van der Waals surface area contributed by atoms with E-state index in [4.69, 9.17) is 9.47 Å². The summed E-state index contributed by atoms with van der Waals surface area (Å²) in [7, 11) is 0. The fraction of sp³-hybridized carbons (Fsp3) is 0.833. The number of aliphatic carboxylic acids is 1. The molecule has 1 aliphatic rings. The van der Waals surface area contributed by atoms with Crippen LogP contribution in [0.4, 0.5) is 4.79 Å². The number of carboxylic acid groups (broad SMARTS) is 1. The van der Waals surface area contributed by atoms with Gasteiger partial charge in [-0.05, 0) is 13.8 Å². The van der Waals surface area contributed by atoms with Crippen LogP contribution < -0.4 is 10.6 Å². The lowest BCUT2D eigenvalue weighted by atomic mass is 9.90. The minimum atomic E-state index is -1.22. The second-order valence-electron chi connectivity index (χ2n) is 4.80. The third kappa shape index (κ3) is 5.04. The summed E-state index contributed by atoms with van der Waals surface area (Å²) in [5.41, 5.74) is -1.22. The molecule has 1 rings (SSSR count). The van der Waals surface area contributed by atoms with Crippen LogP contribution in [0.2, 0.25) is 0 Å². The number of carbonyl (C=O) groups excluding carboxylic acids is 1. The summed E-state index contributed by atoms with van der Waals surface area (Å²) in [6, 6.07) is -0.489. The van der Waals surface area contributed by atoms with E-state index in [1.54, 1.807) is 0 Å². The third-order valence-corrected chi connectivity index (χ3v) is 2.95. The van der Waals surface area contributed by atoms with Crippen LogP contribution in [0.15, 0.2) is 0 Å². The maximum Gasteiger partial charge on any atom is 0.329 e. The lowest BCUT2D eigenvalue weighted by Crippen LogP contribution is -2.59. The minimum absolute atomic E-state index is 0.103. The smallest absolute Gasteiger partial charge is 0.329 e. The average molecular weight is 274 g/mol. The van der Waals surface area contributed by atoms with Crippen LogP contribution in [0.3, 0.4) is 0 Å². The number of carboxylic acids is 1. The van der Waals surface area contributed by atoms with Crippen LogP contribution in [0.5, 0.6) is 0 Å². The molecule has 0 bridgehead atoms. The second kappa shape index (κ2) is 7.30. The number of amides is 2. The predicted octanol–water partition coefficient (Wildman–Crippen LogP) is 0.344. The Balaban J connectivity index is 2.37. The summed E-state index contributed by atoms with van der Waals surface area (Å²) < 4.78 is 10.4. The molecule has 2 amide bonds. The number of nitrogens with one attached hydrogen (secondary N) is 2. The molecule has 1 saturated heterocycles. The summed E-state index contributed by atoms with van der Waals surface area (Å²) >= 11 is 0. The van der Waals surface area contributed by atoms with E-state index < -0.39 is 17.5 Å². The summed E-state index contributed by atoms with van der Waals surface area (Å²) in [6.07, 6.45) is 0.655. The molecule has 0 unspecified atom stereocenters. The molecule has 0 saturated carbocycles. The molecule has 19 heavy (non-hydrogen) atoms. The number of hydrogen-bond acceptors (Lipinski definition) is 4. The van der Waals surface area contributed by atoms with E-state index >= 15 is 0 Å². The van der Waals surface area contributed by atoms with E-state index in [0.29, 0.717) is 26.4 Å². The van der Waals surface area contributed by atoms with E-state index in [0.717, 1.165) is 0 Å². The zero-order valence-electron chi connectivity index (χ0n) is 11.4. The molecule has 0 aliphatic carbocycles. The van der Waals surface area contributed by atoms with Gasteiger partial charge in [-0.3, -0.25) is 0 Å². The van der Waals surface area contributed by atoms with Crippen molar-refractivity contribution < 1.29 is 24.2 Å². The van der Waals surface area contributed by atoms with E-state index in [1.165, 1.54) is 0 Å². The first-order valence-corrected chi connectivity index (χ1v) is 6.45. The van der Waals surface area contributed by atoms with Gasteiger partial charge >= 0.3 is 12.0 Å². The molecule has 1 fully saturated rings. The first-order chi connectivity index (χ1) is 8.96. The number of urea groups is 1. The Bertz CT molecular complexity index is 313. The van der Waals surface area contributed by atoms with Gasteiger partial charge in [-0.15, -0.1) is 0 Å². The van der Waals surface area contributed by atoms with Crippen molar-refractivity contribution in [3.63, 3.8) is 0 Å². The quantitative estimate of drug-likeness (QED) is 0.607. The fourth-order valence-corrected chi connectivity index (χ4v) is 1.83. The Hall–Kier alpha value is -1.34. The van der Waals surface area contributed by atoms with Crippen LogP contribution >= 0.6 is 0 Å². The van der Waals surface area contributed by atoms with E-state index in [9.17, 15) is 14.7 Å². The molecule has 0 radical (unpaired) electrons. The molecule has 0 spiro atoms. The van der Waals surface area contributed by atoms with Crippen molar-refractivity contribution in [2.24, 2.45) is 0 Å². The zero-order chi connectivity index (χ0) is 14.3. The Morgan fingerprint density at radius 3 is 2.53 bits per heavy atom. The van der Waals surface area contributed by atoms with E-state index in [2.05, 4.69) is 10.6 Å². The molecule has 1 aliphatic heterocycles. The fourth-order valence-electron chi connectivity index (χ4n) is 1.83. The first kappa shape index (κ1) is 15.7. The molecule has 1 heterocycles. The Labute approximate surface area is 112 Å². The molecular weight excluding hydrogens is 252 g/mol. The van der Waals surface area contributed by atoms with Gasteiger partial charge < -0.3 is 25.2 Å². The van der Waals surface area contributed by atoms with Crippen molar-refractivity contribution in [2.45, 2.75) is 38.3 Å². The molecule has 0 aromatic heterocycles. The van der Waals surface area contributed by atoms with Gasteiger partial charge in [0.2, 0.25) is 0 Å². The van der Waals surface area contributed by atoms with Gasteiger partial charge in [0, 0.05) is 32.6 Å². The van der Waals surface area contributed by atoms with Crippen molar-refractivity contribution >= 4 is 12.0 Å². The average Bonchev–Trinajstić information content (AvgIpc) is 2.35. The summed E-state index contributed by atoms with van der Waals surface area (Å²) in [4.78, 5) is 23.0. The van der Waals surface area contributed by atoms with Crippen molar-refractivity contribution in [1.29, 1.82) is 0 Å². The summed E-state index contributed by atoms with van der Waals surface area (Å²) in [5, 5.41) is 14.4. The second-order valence-corrected chi connectivity index (χ2v) is 4.80. The van der Waals surface area contributed by atoms with Crippen LogP contribution in [-0.2, 0) is 14.3 Å². The van der Waals surface area contributed by atoms with Gasteiger partial charge in [0.05, 0.1) is 12.7 Å². The highest BCUT2D eigenvalue weighted by atomic mass is 16.5. The molecule has 0 aromatic rings. The Kier molecular flexibility index (Phi) is 6.04. The van der Waals surface area contributed by atoms with Crippen molar-refractivity contribution in [2.75, 3.05) is 26.4 Å². The maximum atomic E-state index is 11.7. The van der Waals surface area contributed by atoms with Crippen molar-refractivity contribution in [3.05, 3.63) is 0 Å². The van der Waals surface area contributed by atoms with Crippen molar-refractivity contribution in [1.82, 2.24) is 10.6 Å². The van der Waals surface area contributed by atoms with Gasteiger partial charge in [-0.25, -0.2) is 9.59 Å². The number of rotatable bonds is 6. The number of carbonyl (C=O) groups is 2. The molecule has 7 heteroatoms. The Morgan fingerprint density at radius 1 is 1.37 bits per heavy atom. The maximum absolute atomic E-state index is 11.7. The van der Waals surface area contributed by atoms with Crippen LogP contribution in [0.25, 0.3) is 0 Å². The first-order valence-electron chi connectivity index (χ1n) is 6.45. The van der Waals surface area contributed by atoms with Crippen LogP contribution in [0.1, 0.15) is 26.7 Å². The van der Waals surface area contributed by atoms with Crippen LogP contribution in [0, 0.1) is 0 Å². The van der Waals surface area contributed by atoms with Crippen LogP contribution in [-0.4, -0.2) is 55.1 Å². The molecule has 110 valence electrons. The topological polar surface area (TPSA) is 96.9 Å². The highest BCUT2D eigenvalue weighted by molar-refractivity contribution is 5.86. The minimum Gasteiger partial charge on any atom is -0.480 e. The highest BCUT2D eigenvalue weighted by Crippen LogP contribution is 2.20. The van der Waals surface area contributed by atoms with Gasteiger partial charge in [-0.1, -0.05) is 0 Å². The number of hydrogen-bond donors (Lipinski definition) is 3. The monoisotopic (exact) mass is 274 g/mol. The van der Waals surface area contributed by atoms with Crippen molar-refractivity contribution in [3.8, 4) is 0 Å². The molecule has 3 N–H and O–H groups in total. The number of ether oxygens (including phenoxy) is 2. The van der Waals surface area contributed by atoms with E-state index in [-0.39, 0.29) is 18.9 Å². The molecule has 0 atom stereocenters.